The van der Waals surface area contributed by atoms with Crippen LogP contribution in [0, 0.1) is 0 Å². The van der Waals surface area contributed by atoms with Crippen molar-refractivity contribution in [2.75, 3.05) is 32.8 Å². The molecule has 1 aromatic carbocycles. The molecule has 2 fully saturated rings. The normalized spacial score (nSPS) is 19.0. The molecule has 3 heterocycles. The number of carbonyl (C=O) groups is 1. The van der Waals surface area contributed by atoms with Gasteiger partial charge in [-0.15, -0.1) is 11.3 Å². The number of thiophene rings is 1. The Balaban J connectivity index is 1.33. The van der Waals surface area contributed by atoms with Crippen LogP contribution in [0.1, 0.15) is 28.1 Å². The summed E-state index contributed by atoms with van der Waals surface area (Å²) in [6, 6.07) is 10.0. The first-order chi connectivity index (χ1) is 14.0. The van der Waals surface area contributed by atoms with E-state index in [1.165, 1.54) is 12.1 Å². The molecule has 1 aromatic heterocycles. The van der Waals surface area contributed by atoms with Gasteiger partial charge in [0.1, 0.15) is 0 Å². The number of rotatable bonds is 6. The number of hydrogen-bond acceptors (Lipinski definition) is 6. The molecule has 2 saturated heterocycles. The van der Waals surface area contributed by atoms with Gasteiger partial charge in [0.2, 0.25) is 10.0 Å². The zero-order valence-electron chi connectivity index (χ0n) is 16.0. The monoisotopic (exact) mass is 436 g/mol. The quantitative estimate of drug-likeness (QED) is 0.751. The molecule has 2 aliphatic heterocycles. The van der Waals surface area contributed by atoms with Gasteiger partial charge in [-0.05, 0) is 42.1 Å². The van der Waals surface area contributed by atoms with Crippen LogP contribution >= 0.6 is 11.3 Å². The lowest BCUT2D eigenvalue weighted by atomic mass is 10.0. The van der Waals surface area contributed by atoms with Gasteiger partial charge in [-0.25, -0.2) is 13.1 Å². The second kappa shape index (κ2) is 8.53. The van der Waals surface area contributed by atoms with E-state index in [4.69, 9.17) is 9.47 Å². The molecule has 1 amide bonds. The highest BCUT2D eigenvalue weighted by atomic mass is 32.2. The molecular formula is C20H24N2O5S2. The number of ether oxygens (including phenoxy) is 2. The predicted octanol–water partition coefficient (Wildman–Crippen LogP) is 2.25. The summed E-state index contributed by atoms with van der Waals surface area (Å²) >= 11 is 1.60. The molecule has 9 heteroatoms. The molecule has 0 radical (unpaired) electrons. The van der Waals surface area contributed by atoms with Gasteiger partial charge in [-0.3, -0.25) is 4.79 Å². The molecule has 0 aliphatic carbocycles. The summed E-state index contributed by atoms with van der Waals surface area (Å²) < 4.78 is 38.9. The largest absolute Gasteiger partial charge is 0.347 e. The van der Waals surface area contributed by atoms with E-state index in [1.54, 1.807) is 28.4 Å². The van der Waals surface area contributed by atoms with Crippen LogP contribution in [-0.4, -0.2) is 57.9 Å². The average molecular weight is 437 g/mol. The highest BCUT2D eigenvalue weighted by Gasteiger charge is 2.40. The van der Waals surface area contributed by atoms with E-state index in [9.17, 15) is 13.2 Å². The maximum absolute atomic E-state index is 12.7. The van der Waals surface area contributed by atoms with Crippen molar-refractivity contribution in [3.63, 3.8) is 0 Å². The van der Waals surface area contributed by atoms with E-state index in [2.05, 4.69) is 4.72 Å². The Kier molecular flexibility index (Phi) is 6.03. The Bertz CT molecular complexity index is 926. The molecular weight excluding hydrogens is 412 g/mol. The SMILES string of the molecule is O=C(c1ccc(S(=O)(=O)NCCc2cccs2)cc1)N1CCC2(CC1)OCCO2. The summed E-state index contributed by atoms with van der Waals surface area (Å²) in [6.07, 6.45) is 1.95. The van der Waals surface area contributed by atoms with Crippen molar-refractivity contribution in [2.45, 2.75) is 29.9 Å². The van der Waals surface area contributed by atoms with Gasteiger partial charge in [0.05, 0.1) is 18.1 Å². The average Bonchev–Trinajstić information content (AvgIpc) is 3.41. The van der Waals surface area contributed by atoms with Gasteiger partial charge in [0, 0.05) is 42.9 Å². The molecule has 1 N–H and O–H groups in total. The van der Waals surface area contributed by atoms with Crippen molar-refractivity contribution in [3.05, 3.63) is 52.2 Å². The smallest absolute Gasteiger partial charge is 0.253 e. The van der Waals surface area contributed by atoms with Gasteiger partial charge in [0.25, 0.3) is 5.91 Å². The Labute approximate surface area is 174 Å². The lowest BCUT2D eigenvalue weighted by Gasteiger charge is -2.37. The van der Waals surface area contributed by atoms with Crippen molar-refractivity contribution in [3.8, 4) is 0 Å². The van der Waals surface area contributed by atoms with Gasteiger partial charge >= 0.3 is 0 Å². The molecule has 29 heavy (non-hydrogen) atoms. The maximum atomic E-state index is 12.7. The van der Waals surface area contributed by atoms with Crippen molar-refractivity contribution in [1.82, 2.24) is 9.62 Å². The number of nitrogens with zero attached hydrogens (tertiary/aromatic N) is 1. The van der Waals surface area contributed by atoms with Crippen LogP contribution < -0.4 is 4.72 Å². The highest BCUT2D eigenvalue weighted by molar-refractivity contribution is 7.89. The van der Waals surface area contributed by atoms with E-state index in [-0.39, 0.29) is 10.8 Å². The second-order valence-electron chi connectivity index (χ2n) is 7.15. The first-order valence-corrected chi connectivity index (χ1v) is 12.0. The van der Waals surface area contributed by atoms with Crippen LogP contribution in [-0.2, 0) is 25.9 Å². The summed E-state index contributed by atoms with van der Waals surface area (Å²) in [7, 11) is -3.60. The van der Waals surface area contributed by atoms with Crippen molar-refractivity contribution in [2.24, 2.45) is 0 Å². The lowest BCUT2D eigenvalue weighted by Crippen LogP contribution is -2.47. The number of likely N-dealkylation sites (tertiary alicyclic amines) is 1. The first kappa shape index (κ1) is 20.5. The number of piperidine rings is 1. The fourth-order valence-electron chi connectivity index (χ4n) is 3.64. The highest BCUT2D eigenvalue weighted by Crippen LogP contribution is 2.31. The molecule has 0 bridgehead atoms. The summed E-state index contributed by atoms with van der Waals surface area (Å²) in [5, 5.41) is 1.97. The molecule has 156 valence electrons. The Morgan fingerprint density at radius 2 is 1.79 bits per heavy atom. The van der Waals surface area contributed by atoms with Crippen LogP contribution in [0.3, 0.4) is 0 Å². The number of sulfonamides is 1. The summed E-state index contributed by atoms with van der Waals surface area (Å²) in [4.78, 5) is 15.8. The zero-order valence-corrected chi connectivity index (χ0v) is 17.6. The van der Waals surface area contributed by atoms with Crippen LogP contribution in [0.4, 0.5) is 0 Å². The minimum Gasteiger partial charge on any atom is -0.347 e. The number of benzene rings is 1. The predicted molar refractivity (Wildman–Crippen MR) is 109 cm³/mol. The van der Waals surface area contributed by atoms with Crippen molar-refractivity contribution < 1.29 is 22.7 Å². The first-order valence-electron chi connectivity index (χ1n) is 9.67. The summed E-state index contributed by atoms with van der Waals surface area (Å²) in [5.74, 6) is -0.629. The third-order valence-electron chi connectivity index (χ3n) is 5.28. The van der Waals surface area contributed by atoms with Crippen LogP contribution in [0.25, 0.3) is 0 Å². The number of carbonyl (C=O) groups excluding carboxylic acids is 1. The molecule has 2 aliphatic rings. The lowest BCUT2D eigenvalue weighted by molar-refractivity contribution is -0.181. The van der Waals surface area contributed by atoms with Crippen LogP contribution in [0.5, 0.6) is 0 Å². The van der Waals surface area contributed by atoms with Crippen molar-refractivity contribution in [1.29, 1.82) is 0 Å². The van der Waals surface area contributed by atoms with E-state index in [0.29, 0.717) is 57.7 Å². The van der Waals surface area contributed by atoms with E-state index < -0.39 is 15.8 Å². The molecule has 7 nitrogen and oxygen atoms in total. The minimum atomic E-state index is -3.60. The topological polar surface area (TPSA) is 84.9 Å². The van der Waals surface area contributed by atoms with Gasteiger partial charge in [0.15, 0.2) is 5.79 Å². The molecule has 0 unspecified atom stereocenters. The minimum absolute atomic E-state index is 0.104. The van der Waals surface area contributed by atoms with Gasteiger partial charge < -0.3 is 14.4 Å². The third-order valence-corrected chi connectivity index (χ3v) is 7.69. The van der Waals surface area contributed by atoms with Crippen molar-refractivity contribution >= 4 is 27.3 Å². The van der Waals surface area contributed by atoms with E-state index >= 15 is 0 Å². The third kappa shape index (κ3) is 4.70. The Morgan fingerprint density at radius 1 is 1.10 bits per heavy atom. The van der Waals surface area contributed by atoms with Gasteiger partial charge in [-0.1, -0.05) is 6.07 Å². The maximum Gasteiger partial charge on any atom is 0.253 e. The van der Waals surface area contributed by atoms with Crippen LogP contribution in [0.15, 0.2) is 46.7 Å². The summed E-state index contributed by atoms with van der Waals surface area (Å²) in [6.45, 7) is 2.66. The fraction of sp³-hybridized carbons (Fsp3) is 0.450. The zero-order chi connectivity index (χ0) is 20.3. The Hall–Kier alpha value is -1.78. The summed E-state index contributed by atoms with van der Waals surface area (Å²) in [5.41, 5.74) is 0.478. The number of amides is 1. The van der Waals surface area contributed by atoms with E-state index in [0.717, 1.165) is 4.88 Å². The molecule has 0 saturated carbocycles. The van der Waals surface area contributed by atoms with E-state index in [1.807, 2.05) is 17.5 Å². The second-order valence-corrected chi connectivity index (χ2v) is 9.95. The molecule has 4 rings (SSSR count). The molecule has 1 spiro atoms. The number of hydrogen-bond donors (Lipinski definition) is 1. The number of nitrogens with one attached hydrogen (secondary N) is 1. The fourth-order valence-corrected chi connectivity index (χ4v) is 5.38. The van der Waals surface area contributed by atoms with Gasteiger partial charge in [-0.2, -0.15) is 0 Å². The van der Waals surface area contributed by atoms with Crippen LogP contribution in [0.2, 0.25) is 0 Å². The Morgan fingerprint density at radius 3 is 2.41 bits per heavy atom. The molecule has 0 atom stereocenters. The standard InChI is InChI=1S/C20H24N2O5S2/c23-19(22-11-8-20(9-12-22)26-13-14-27-20)16-3-5-18(6-4-16)29(24,25)21-10-7-17-2-1-15-28-17/h1-6,15,21H,7-14H2. The molecule has 2 aromatic rings.